The quantitative estimate of drug-likeness (QED) is 0.372. The van der Waals surface area contributed by atoms with E-state index >= 15 is 0 Å². The molecule has 0 aromatic heterocycles. The van der Waals surface area contributed by atoms with Crippen LogP contribution in [0, 0.1) is 5.41 Å². The number of nitrogens with one attached hydrogen (secondary N) is 1. The number of para-hydroxylation sites is 1. The van der Waals surface area contributed by atoms with Gasteiger partial charge in [-0.15, -0.1) is 4.40 Å². The summed E-state index contributed by atoms with van der Waals surface area (Å²) in [5.41, 5.74) is 1.19. The van der Waals surface area contributed by atoms with E-state index in [2.05, 4.69) is 30.5 Å². The summed E-state index contributed by atoms with van der Waals surface area (Å²) in [5, 5.41) is 14.2. The molecule has 0 saturated carbocycles. The number of Topliss-reactive ketones (excluding diaryl/α,β-unsaturated/α-hetero) is 1. The molecule has 4 rings (SSSR count). The number of carbonyl (C=O) groups is 1. The molecule has 2 aromatic rings. The predicted molar refractivity (Wildman–Crippen MR) is 136 cm³/mol. The monoisotopic (exact) mass is 492 g/mol. The van der Waals surface area contributed by atoms with Crippen molar-refractivity contribution in [2.45, 2.75) is 63.7 Å². The molecule has 0 radical (unpaired) electrons. The van der Waals surface area contributed by atoms with Crippen molar-refractivity contribution >= 4 is 33.8 Å². The summed E-state index contributed by atoms with van der Waals surface area (Å²) in [7, 11) is -3.51. The minimum atomic E-state index is -3.51. The minimum Gasteiger partial charge on any atom is -1.00 e. The number of aliphatic hydroxyl groups is 1. The number of aliphatic hydroxyl groups excluding tert-OH is 1. The third kappa shape index (κ3) is 5.01. The van der Waals surface area contributed by atoms with Crippen LogP contribution in [-0.2, 0) is 10.2 Å². The van der Waals surface area contributed by atoms with Crippen molar-refractivity contribution in [2.75, 3.05) is 5.32 Å². The van der Waals surface area contributed by atoms with Gasteiger partial charge >= 0.3 is 29.6 Å². The molecule has 1 aliphatic heterocycles. The van der Waals surface area contributed by atoms with E-state index in [-0.39, 0.29) is 64.2 Å². The summed E-state index contributed by atoms with van der Waals surface area (Å²) in [6.45, 7) is 8.53. The van der Waals surface area contributed by atoms with Crippen molar-refractivity contribution in [3.63, 3.8) is 0 Å². The van der Waals surface area contributed by atoms with Crippen LogP contribution >= 0.6 is 10.8 Å². The van der Waals surface area contributed by atoms with Gasteiger partial charge in [-0.25, -0.2) is 0 Å². The second kappa shape index (κ2) is 9.80. The zero-order valence-corrected chi connectivity index (χ0v) is 23.4. The Kier molecular flexibility index (Phi) is 7.78. The van der Waals surface area contributed by atoms with Crippen LogP contribution in [0.2, 0.25) is 0 Å². The molecule has 0 fully saturated rings. The average molecular weight is 493 g/mol. The zero-order chi connectivity index (χ0) is 24.0. The Morgan fingerprint density at radius 2 is 1.71 bits per heavy atom. The van der Waals surface area contributed by atoms with E-state index in [0.717, 1.165) is 24.8 Å². The minimum absolute atomic E-state index is 0. The van der Waals surface area contributed by atoms with Gasteiger partial charge in [0.25, 0.3) is 0 Å². The maximum absolute atomic E-state index is 13.9. The molecule has 1 unspecified atom stereocenters. The Bertz CT molecular complexity index is 1180. The largest absolute Gasteiger partial charge is 1.00 e. The van der Waals surface area contributed by atoms with Crippen molar-refractivity contribution in [3.8, 4) is 0 Å². The first-order valence-electron chi connectivity index (χ1n) is 11.3. The van der Waals surface area contributed by atoms with E-state index in [1.165, 1.54) is 0 Å². The number of amidine groups is 1. The maximum Gasteiger partial charge on any atom is 1.00 e. The number of nitrogens with zero attached hydrogens (tertiary/aromatic N) is 1. The van der Waals surface area contributed by atoms with Crippen LogP contribution in [0.4, 0.5) is 5.69 Å². The first-order chi connectivity index (χ1) is 15.4. The van der Waals surface area contributed by atoms with Crippen molar-refractivity contribution in [3.05, 3.63) is 65.2 Å². The number of anilines is 1. The van der Waals surface area contributed by atoms with Gasteiger partial charge in [0, 0.05) is 5.56 Å². The predicted octanol–water partition coefficient (Wildman–Crippen LogP) is 4.07. The summed E-state index contributed by atoms with van der Waals surface area (Å²) in [4.78, 5) is 14.2. The molecule has 34 heavy (non-hydrogen) atoms. The first kappa shape index (κ1) is 27.0. The van der Waals surface area contributed by atoms with E-state index in [9.17, 15) is 19.0 Å². The number of ketones is 1. The van der Waals surface area contributed by atoms with Crippen LogP contribution in [0.5, 0.6) is 0 Å². The van der Waals surface area contributed by atoms with Gasteiger partial charge in [0.05, 0.1) is 11.1 Å². The number of hydrogen-bond acceptors (Lipinski definition) is 6. The molecule has 1 atom stereocenters. The Hall–Kier alpha value is -1.61. The first-order valence-corrected chi connectivity index (χ1v) is 12.8. The van der Waals surface area contributed by atoms with Gasteiger partial charge in [0.2, 0.25) is 0 Å². The molecule has 8 heteroatoms. The third-order valence-corrected chi connectivity index (χ3v) is 7.87. The SMILES string of the molecule is CC(C)(C)CCCCC1(C)C(=O)C(C2=NS(O)(O)c3ccccc3N2)=C(O)c2ccccc21.[H-].[Na+]. The molecule has 2 aromatic carbocycles. The van der Waals surface area contributed by atoms with Crippen LogP contribution in [0.15, 0.2) is 63.4 Å². The van der Waals surface area contributed by atoms with Crippen LogP contribution in [0.1, 0.15) is 65.9 Å². The molecule has 178 valence electrons. The molecule has 0 saturated heterocycles. The average Bonchev–Trinajstić information content (AvgIpc) is 2.75. The summed E-state index contributed by atoms with van der Waals surface area (Å²) >= 11 is 0. The Morgan fingerprint density at radius 3 is 2.41 bits per heavy atom. The van der Waals surface area contributed by atoms with Crippen molar-refractivity contribution < 1.29 is 50.0 Å². The molecule has 1 aliphatic carbocycles. The van der Waals surface area contributed by atoms with Gasteiger partial charge in [-0.05, 0) is 42.9 Å². The molecule has 6 nitrogen and oxygen atoms in total. The maximum atomic E-state index is 13.9. The normalized spacial score (nSPS) is 22.1. The van der Waals surface area contributed by atoms with Crippen LogP contribution in [0.25, 0.3) is 5.76 Å². The van der Waals surface area contributed by atoms with Crippen LogP contribution < -0.4 is 34.9 Å². The zero-order valence-electron chi connectivity index (χ0n) is 21.6. The second-order valence-corrected chi connectivity index (χ2v) is 11.9. The van der Waals surface area contributed by atoms with Crippen molar-refractivity contribution in [1.29, 1.82) is 0 Å². The molecule has 4 N–H and O–H groups in total. The molecular weight excluding hydrogens is 459 g/mol. The van der Waals surface area contributed by atoms with E-state index in [0.29, 0.717) is 17.7 Å². The van der Waals surface area contributed by atoms with E-state index in [1.807, 2.05) is 25.1 Å². The summed E-state index contributed by atoms with van der Waals surface area (Å²) in [6.07, 6.45) is 3.53. The van der Waals surface area contributed by atoms with Crippen molar-refractivity contribution in [1.82, 2.24) is 0 Å². The molecule has 2 aliphatic rings. The van der Waals surface area contributed by atoms with Gasteiger partial charge < -0.3 is 11.8 Å². The number of benzene rings is 2. The number of fused-ring (bicyclic) bond motifs is 2. The molecular formula is C26H33N2NaO4S. The number of rotatable bonds is 5. The van der Waals surface area contributed by atoms with E-state index in [1.54, 1.807) is 30.3 Å². The summed E-state index contributed by atoms with van der Waals surface area (Å²) in [6, 6.07) is 14.1. The Balaban J connectivity index is 0.00000216. The smallest absolute Gasteiger partial charge is 1.00 e. The van der Waals surface area contributed by atoms with Crippen molar-refractivity contribution in [2.24, 2.45) is 9.81 Å². The van der Waals surface area contributed by atoms with Gasteiger partial charge in [-0.3, -0.25) is 13.9 Å². The topological polar surface area (TPSA) is 102 Å². The number of unbranched alkanes of at least 4 members (excludes halogenated alkanes) is 1. The van der Waals surface area contributed by atoms with Gasteiger partial charge in [0.1, 0.15) is 16.2 Å². The fraction of sp³-hybridized carbons (Fsp3) is 0.385. The number of hydrogen-bond donors (Lipinski definition) is 4. The van der Waals surface area contributed by atoms with Gasteiger partial charge in [-0.1, -0.05) is 80.8 Å². The fourth-order valence-electron chi connectivity index (χ4n) is 4.66. The summed E-state index contributed by atoms with van der Waals surface area (Å²) < 4.78 is 25.5. The molecule has 0 spiro atoms. The van der Waals surface area contributed by atoms with E-state index < -0.39 is 16.2 Å². The van der Waals surface area contributed by atoms with Crippen LogP contribution in [-0.4, -0.2) is 25.8 Å². The standard InChI is InChI=1S/C26H32N2O4S.Na.H/c1-25(2,3)15-9-10-16-26(4)18-12-6-5-11-17(18)22(29)21(23(26)30)24-27-19-13-7-8-14-20(19)33(31,32)28-24;;/h5-8,11-14,29,31-32H,9-10,15-16H2,1-4H3,(H,27,28);;/q;+1;-1. The second-order valence-electron chi connectivity index (χ2n) is 10.3. The Morgan fingerprint density at radius 1 is 1.06 bits per heavy atom. The third-order valence-electron chi connectivity index (χ3n) is 6.49. The molecule has 0 amide bonds. The van der Waals surface area contributed by atoms with Gasteiger partial charge in [0.15, 0.2) is 11.6 Å². The summed E-state index contributed by atoms with van der Waals surface area (Å²) in [5.74, 6) is -0.467. The molecule has 0 bridgehead atoms. The van der Waals surface area contributed by atoms with E-state index in [4.69, 9.17) is 0 Å². The Labute approximate surface area is 226 Å². The van der Waals surface area contributed by atoms with Crippen LogP contribution in [0.3, 0.4) is 0 Å². The fourth-order valence-corrected chi connectivity index (χ4v) is 5.82. The molecule has 1 heterocycles. The van der Waals surface area contributed by atoms with Gasteiger partial charge in [-0.2, -0.15) is 0 Å². The number of carbonyl (C=O) groups excluding carboxylic acids is 1.